The van der Waals surface area contributed by atoms with E-state index in [1.807, 2.05) is 6.20 Å². The summed E-state index contributed by atoms with van der Waals surface area (Å²) in [6, 6.07) is 10.7. The third-order valence-corrected chi connectivity index (χ3v) is 3.28. The SMILES string of the molecule is CCC(c1cc2ccccc2cn1)C(C)C. The topological polar surface area (TPSA) is 12.9 Å². The average molecular weight is 213 g/mol. The van der Waals surface area contributed by atoms with Gasteiger partial charge in [0, 0.05) is 23.2 Å². The molecule has 1 heterocycles. The monoisotopic (exact) mass is 213 g/mol. The van der Waals surface area contributed by atoms with Crippen LogP contribution in [0.25, 0.3) is 10.8 Å². The minimum atomic E-state index is 0.574. The normalized spacial score (nSPS) is 13.2. The Morgan fingerprint density at radius 3 is 2.44 bits per heavy atom. The van der Waals surface area contributed by atoms with Crippen molar-refractivity contribution in [3.8, 4) is 0 Å². The predicted octanol–water partition coefficient (Wildman–Crippen LogP) is 4.38. The van der Waals surface area contributed by atoms with Gasteiger partial charge in [-0.25, -0.2) is 0 Å². The number of rotatable bonds is 3. The summed E-state index contributed by atoms with van der Waals surface area (Å²) in [4.78, 5) is 4.60. The first kappa shape index (κ1) is 11.1. The highest BCUT2D eigenvalue weighted by Gasteiger charge is 2.14. The second kappa shape index (κ2) is 4.65. The van der Waals surface area contributed by atoms with E-state index in [-0.39, 0.29) is 0 Å². The summed E-state index contributed by atoms with van der Waals surface area (Å²) >= 11 is 0. The molecule has 2 aromatic rings. The molecule has 16 heavy (non-hydrogen) atoms. The Balaban J connectivity index is 2.45. The highest BCUT2D eigenvalue weighted by atomic mass is 14.7. The van der Waals surface area contributed by atoms with Crippen molar-refractivity contribution < 1.29 is 0 Å². The molecule has 0 bridgehead atoms. The number of benzene rings is 1. The highest BCUT2D eigenvalue weighted by molar-refractivity contribution is 5.81. The number of hydrogen-bond donors (Lipinski definition) is 0. The molecular weight excluding hydrogens is 194 g/mol. The summed E-state index contributed by atoms with van der Waals surface area (Å²) in [6.45, 7) is 6.78. The Morgan fingerprint density at radius 1 is 1.12 bits per heavy atom. The summed E-state index contributed by atoms with van der Waals surface area (Å²) in [5.74, 6) is 1.23. The molecular formula is C15H19N. The minimum absolute atomic E-state index is 0.574. The van der Waals surface area contributed by atoms with Crippen LogP contribution in [0.3, 0.4) is 0 Å². The van der Waals surface area contributed by atoms with E-state index in [1.54, 1.807) is 0 Å². The Bertz CT molecular complexity index is 474. The smallest absolute Gasteiger partial charge is 0.0443 e. The van der Waals surface area contributed by atoms with Crippen LogP contribution >= 0.6 is 0 Å². The van der Waals surface area contributed by atoms with Gasteiger partial charge >= 0.3 is 0 Å². The minimum Gasteiger partial charge on any atom is -0.260 e. The number of hydrogen-bond acceptors (Lipinski definition) is 1. The van der Waals surface area contributed by atoms with Gasteiger partial charge in [0.2, 0.25) is 0 Å². The lowest BCUT2D eigenvalue weighted by Crippen LogP contribution is -2.07. The van der Waals surface area contributed by atoms with Crippen molar-refractivity contribution in [2.24, 2.45) is 5.92 Å². The fourth-order valence-electron chi connectivity index (χ4n) is 2.33. The quantitative estimate of drug-likeness (QED) is 0.737. The molecule has 0 N–H and O–H groups in total. The third kappa shape index (κ3) is 2.08. The van der Waals surface area contributed by atoms with Crippen LogP contribution in [0.2, 0.25) is 0 Å². The van der Waals surface area contributed by atoms with Crippen molar-refractivity contribution in [3.05, 3.63) is 42.2 Å². The Kier molecular flexibility index (Phi) is 3.23. The maximum Gasteiger partial charge on any atom is 0.0443 e. The molecule has 0 aliphatic heterocycles. The highest BCUT2D eigenvalue weighted by Crippen LogP contribution is 2.27. The fraction of sp³-hybridized carbons (Fsp3) is 0.400. The van der Waals surface area contributed by atoms with Crippen LogP contribution < -0.4 is 0 Å². The van der Waals surface area contributed by atoms with Crippen LogP contribution in [-0.2, 0) is 0 Å². The van der Waals surface area contributed by atoms with Crippen molar-refractivity contribution in [1.82, 2.24) is 4.98 Å². The zero-order chi connectivity index (χ0) is 11.5. The lowest BCUT2D eigenvalue weighted by atomic mass is 9.89. The molecule has 1 nitrogen and oxygen atoms in total. The molecule has 0 spiro atoms. The molecule has 1 aromatic carbocycles. The van der Waals surface area contributed by atoms with Crippen LogP contribution in [0.1, 0.15) is 38.8 Å². The number of nitrogens with zero attached hydrogens (tertiary/aromatic N) is 1. The van der Waals surface area contributed by atoms with Gasteiger partial charge in [0.15, 0.2) is 0 Å². The Hall–Kier alpha value is -1.37. The van der Waals surface area contributed by atoms with E-state index in [4.69, 9.17) is 0 Å². The second-order valence-corrected chi connectivity index (χ2v) is 4.72. The molecule has 0 aliphatic carbocycles. The van der Waals surface area contributed by atoms with E-state index in [2.05, 4.69) is 56.1 Å². The molecule has 84 valence electrons. The van der Waals surface area contributed by atoms with Crippen LogP contribution in [0.15, 0.2) is 36.5 Å². The molecule has 1 heteroatoms. The molecule has 0 amide bonds. The lowest BCUT2D eigenvalue weighted by molar-refractivity contribution is 0.475. The van der Waals surface area contributed by atoms with E-state index in [0.29, 0.717) is 11.8 Å². The maximum atomic E-state index is 4.60. The van der Waals surface area contributed by atoms with Gasteiger partial charge in [-0.3, -0.25) is 4.98 Å². The van der Waals surface area contributed by atoms with Gasteiger partial charge in [-0.1, -0.05) is 45.0 Å². The van der Waals surface area contributed by atoms with Crippen LogP contribution in [0.4, 0.5) is 0 Å². The van der Waals surface area contributed by atoms with Gasteiger partial charge in [0.05, 0.1) is 0 Å². The standard InChI is InChI=1S/C15H19N/c1-4-14(11(2)3)15-9-12-7-5-6-8-13(12)10-16-15/h5-11,14H,4H2,1-3H3. The molecule has 1 aromatic heterocycles. The largest absolute Gasteiger partial charge is 0.260 e. The maximum absolute atomic E-state index is 4.60. The van der Waals surface area contributed by atoms with Gasteiger partial charge in [0.25, 0.3) is 0 Å². The fourth-order valence-corrected chi connectivity index (χ4v) is 2.33. The Morgan fingerprint density at radius 2 is 1.81 bits per heavy atom. The summed E-state index contributed by atoms with van der Waals surface area (Å²) in [6.07, 6.45) is 3.15. The van der Waals surface area contributed by atoms with Crippen molar-refractivity contribution in [2.45, 2.75) is 33.1 Å². The van der Waals surface area contributed by atoms with Gasteiger partial charge < -0.3 is 0 Å². The molecule has 2 rings (SSSR count). The van der Waals surface area contributed by atoms with Gasteiger partial charge in [0.1, 0.15) is 0 Å². The summed E-state index contributed by atoms with van der Waals surface area (Å²) in [7, 11) is 0. The number of pyridine rings is 1. The third-order valence-electron chi connectivity index (χ3n) is 3.28. The molecule has 0 saturated carbocycles. The summed E-state index contributed by atoms with van der Waals surface area (Å²) < 4.78 is 0. The van der Waals surface area contributed by atoms with Crippen molar-refractivity contribution in [2.75, 3.05) is 0 Å². The number of aromatic nitrogens is 1. The van der Waals surface area contributed by atoms with Gasteiger partial charge in [-0.05, 0) is 23.8 Å². The van der Waals surface area contributed by atoms with Crippen molar-refractivity contribution in [1.29, 1.82) is 0 Å². The van der Waals surface area contributed by atoms with E-state index in [9.17, 15) is 0 Å². The number of fused-ring (bicyclic) bond motifs is 1. The summed E-state index contributed by atoms with van der Waals surface area (Å²) in [5, 5.41) is 2.52. The second-order valence-electron chi connectivity index (χ2n) is 4.72. The lowest BCUT2D eigenvalue weighted by Gasteiger charge is -2.18. The zero-order valence-electron chi connectivity index (χ0n) is 10.3. The molecule has 0 saturated heterocycles. The molecule has 0 aliphatic rings. The molecule has 0 fully saturated rings. The van der Waals surface area contributed by atoms with Gasteiger partial charge in [-0.15, -0.1) is 0 Å². The zero-order valence-corrected chi connectivity index (χ0v) is 10.3. The van der Waals surface area contributed by atoms with Crippen LogP contribution in [-0.4, -0.2) is 4.98 Å². The van der Waals surface area contributed by atoms with E-state index in [0.717, 1.165) is 6.42 Å². The van der Waals surface area contributed by atoms with Crippen molar-refractivity contribution >= 4 is 10.8 Å². The average Bonchev–Trinajstić information content (AvgIpc) is 2.29. The van der Waals surface area contributed by atoms with E-state index in [1.165, 1.54) is 16.5 Å². The summed E-state index contributed by atoms with van der Waals surface area (Å²) in [5.41, 5.74) is 1.23. The molecule has 1 unspecified atom stereocenters. The Labute approximate surface area is 97.5 Å². The van der Waals surface area contributed by atoms with Crippen molar-refractivity contribution in [3.63, 3.8) is 0 Å². The first-order valence-electron chi connectivity index (χ1n) is 6.07. The first-order valence-corrected chi connectivity index (χ1v) is 6.07. The first-order chi connectivity index (χ1) is 7.72. The van der Waals surface area contributed by atoms with E-state index < -0.39 is 0 Å². The van der Waals surface area contributed by atoms with E-state index >= 15 is 0 Å². The van der Waals surface area contributed by atoms with Crippen LogP contribution in [0, 0.1) is 5.92 Å². The predicted molar refractivity (Wildman–Crippen MR) is 69.6 cm³/mol. The van der Waals surface area contributed by atoms with Gasteiger partial charge in [-0.2, -0.15) is 0 Å². The van der Waals surface area contributed by atoms with Crippen LogP contribution in [0.5, 0.6) is 0 Å². The molecule has 1 atom stereocenters. The molecule has 0 radical (unpaired) electrons.